The second kappa shape index (κ2) is 8.81. The molecule has 37 heavy (non-hydrogen) atoms. The number of fused-ring (bicyclic) bond motifs is 3. The van der Waals surface area contributed by atoms with Crippen LogP contribution < -0.4 is 0 Å². The molecule has 174 valence electrons. The Kier molecular flexibility index (Phi) is 5.03. The number of aromatic nitrogens is 5. The minimum Gasteiger partial charge on any atom is -0.354 e. The van der Waals surface area contributed by atoms with Crippen LogP contribution in [0.1, 0.15) is 0 Å². The van der Waals surface area contributed by atoms with Crippen molar-refractivity contribution in [2.24, 2.45) is 0 Å². The van der Waals surface area contributed by atoms with Crippen LogP contribution in [0.25, 0.3) is 67.2 Å². The van der Waals surface area contributed by atoms with Crippen molar-refractivity contribution < 1.29 is 0 Å². The summed E-state index contributed by atoms with van der Waals surface area (Å²) in [4.78, 5) is 22.6. The van der Waals surface area contributed by atoms with Gasteiger partial charge in [0.1, 0.15) is 5.69 Å². The Morgan fingerprint density at radius 3 is 1.76 bits per heavy atom. The Morgan fingerprint density at radius 2 is 1.03 bits per heavy atom. The van der Waals surface area contributed by atoms with E-state index in [1.807, 2.05) is 79.0 Å². The fourth-order valence-electron chi connectivity index (χ4n) is 4.69. The van der Waals surface area contributed by atoms with Crippen molar-refractivity contribution in [2.75, 3.05) is 0 Å². The Bertz CT molecular complexity index is 1820. The van der Waals surface area contributed by atoms with Gasteiger partial charge >= 0.3 is 0 Å². The smallest absolute Gasteiger partial charge is 0.182 e. The van der Waals surface area contributed by atoms with Crippen LogP contribution in [0.3, 0.4) is 0 Å². The lowest BCUT2D eigenvalue weighted by atomic mass is 10.0. The van der Waals surface area contributed by atoms with Crippen LogP contribution in [0.5, 0.6) is 0 Å². The molecule has 0 aliphatic heterocycles. The maximum Gasteiger partial charge on any atom is 0.182 e. The van der Waals surface area contributed by atoms with Crippen LogP contribution in [0.4, 0.5) is 0 Å². The molecule has 0 saturated heterocycles. The lowest BCUT2D eigenvalue weighted by molar-refractivity contribution is 1.06. The minimum atomic E-state index is 0.543. The van der Waals surface area contributed by atoms with Crippen molar-refractivity contribution in [3.05, 3.63) is 121 Å². The highest BCUT2D eigenvalue weighted by atomic mass is 15.0. The molecule has 4 aromatic carbocycles. The topological polar surface area (TPSA) is 67.3 Å². The number of rotatable bonds is 4. The van der Waals surface area contributed by atoms with E-state index in [1.54, 1.807) is 0 Å². The van der Waals surface area contributed by atoms with Gasteiger partial charge in [0.25, 0.3) is 0 Å². The molecule has 3 aromatic heterocycles. The summed E-state index contributed by atoms with van der Waals surface area (Å²) in [6, 6.07) is 38.9. The van der Waals surface area contributed by atoms with E-state index in [4.69, 9.17) is 15.0 Å². The predicted octanol–water partition coefficient (Wildman–Crippen LogP) is 7.57. The van der Waals surface area contributed by atoms with Crippen LogP contribution in [-0.2, 0) is 0 Å². The maximum atomic E-state index is 4.82. The summed E-state index contributed by atoms with van der Waals surface area (Å²) in [5.41, 5.74) is 6.96. The summed E-state index contributed by atoms with van der Waals surface area (Å²) in [7, 11) is 0. The zero-order chi connectivity index (χ0) is 24.6. The molecule has 0 amide bonds. The zero-order valence-corrected chi connectivity index (χ0v) is 19.8. The van der Waals surface area contributed by atoms with E-state index in [1.165, 1.54) is 10.8 Å². The summed E-state index contributed by atoms with van der Waals surface area (Å²) < 4.78 is 0. The lowest BCUT2D eigenvalue weighted by Gasteiger charge is -2.09. The molecule has 7 rings (SSSR count). The molecule has 5 nitrogen and oxygen atoms in total. The van der Waals surface area contributed by atoms with Crippen molar-refractivity contribution >= 4 is 21.8 Å². The molecule has 0 saturated carbocycles. The first kappa shape index (κ1) is 21.1. The van der Waals surface area contributed by atoms with Crippen molar-refractivity contribution in [3.8, 4) is 45.4 Å². The second-order valence-electron chi connectivity index (χ2n) is 8.90. The van der Waals surface area contributed by atoms with Crippen LogP contribution in [0, 0.1) is 0 Å². The van der Waals surface area contributed by atoms with Crippen LogP contribution in [0.2, 0.25) is 0 Å². The van der Waals surface area contributed by atoms with Gasteiger partial charge in [-0.3, -0.25) is 4.98 Å². The van der Waals surface area contributed by atoms with Gasteiger partial charge in [-0.1, -0.05) is 91.0 Å². The number of nitrogens with zero attached hydrogens (tertiary/aromatic N) is 4. The van der Waals surface area contributed by atoms with Gasteiger partial charge in [0.05, 0.1) is 0 Å². The van der Waals surface area contributed by atoms with Crippen LogP contribution in [0.15, 0.2) is 121 Å². The van der Waals surface area contributed by atoms with E-state index in [0.717, 1.165) is 33.3 Å². The normalized spacial score (nSPS) is 11.2. The summed E-state index contributed by atoms with van der Waals surface area (Å²) in [5, 5.41) is 2.44. The fraction of sp³-hybridized carbons (Fsp3) is 0. The molecule has 0 spiro atoms. The first-order chi connectivity index (χ1) is 18.3. The second-order valence-corrected chi connectivity index (χ2v) is 8.90. The zero-order valence-electron chi connectivity index (χ0n) is 19.8. The average Bonchev–Trinajstić information content (AvgIpc) is 3.36. The van der Waals surface area contributed by atoms with Gasteiger partial charge in [0.15, 0.2) is 17.5 Å². The van der Waals surface area contributed by atoms with Crippen molar-refractivity contribution in [1.29, 1.82) is 0 Å². The van der Waals surface area contributed by atoms with E-state index >= 15 is 0 Å². The summed E-state index contributed by atoms with van der Waals surface area (Å²) in [6.07, 6.45) is 1.81. The highest BCUT2D eigenvalue weighted by Gasteiger charge is 2.14. The Morgan fingerprint density at radius 1 is 0.432 bits per heavy atom. The van der Waals surface area contributed by atoms with Crippen LogP contribution in [-0.4, -0.2) is 24.9 Å². The molecule has 0 bridgehead atoms. The number of benzene rings is 4. The number of nitrogens with one attached hydrogen (secondary N) is 1. The highest BCUT2D eigenvalue weighted by molar-refractivity contribution is 6.08. The quantitative estimate of drug-likeness (QED) is 0.285. The van der Waals surface area contributed by atoms with E-state index in [9.17, 15) is 0 Å². The van der Waals surface area contributed by atoms with Crippen LogP contribution >= 0.6 is 0 Å². The number of H-pyrrole nitrogens is 1. The van der Waals surface area contributed by atoms with Gasteiger partial charge in [0, 0.05) is 39.1 Å². The molecule has 0 fully saturated rings. The highest BCUT2D eigenvalue weighted by Crippen LogP contribution is 2.31. The van der Waals surface area contributed by atoms with Gasteiger partial charge in [-0.25, -0.2) is 15.0 Å². The molecule has 3 heterocycles. The first-order valence-corrected chi connectivity index (χ1v) is 12.2. The molecular weight excluding hydrogens is 454 g/mol. The third-order valence-corrected chi connectivity index (χ3v) is 6.53. The molecule has 0 atom stereocenters. The summed E-state index contributed by atoms with van der Waals surface area (Å²) in [6.45, 7) is 0. The molecule has 5 heteroatoms. The molecule has 7 aromatic rings. The number of hydrogen-bond donors (Lipinski definition) is 1. The molecule has 0 unspecified atom stereocenters. The van der Waals surface area contributed by atoms with Gasteiger partial charge in [-0.15, -0.1) is 0 Å². The molecule has 0 aliphatic rings. The van der Waals surface area contributed by atoms with Crippen molar-refractivity contribution in [2.45, 2.75) is 0 Å². The Hall–Kier alpha value is -5.16. The summed E-state index contributed by atoms with van der Waals surface area (Å²) >= 11 is 0. The monoisotopic (exact) mass is 475 g/mol. The van der Waals surface area contributed by atoms with Gasteiger partial charge in [-0.05, 0) is 35.4 Å². The largest absolute Gasteiger partial charge is 0.354 e. The van der Waals surface area contributed by atoms with E-state index in [-0.39, 0.29) is 0 Å². The number of pyridine rings is 1. The standard InChI is InChI=1S/C32H21N5/c1-3-9-21(10-4-1)30-35-31(22-11-5-2-6-12-22)37-32(36-30)29-20-24(17-18-33-29)23-15-16-26-25-13-7-8-14-27(25)34-28(26)19-23/h1-20,34H. The van der Waals surface area contributed by atoms with E-state index in [2.05, 4.69) is 52.4 Å². The molecule has 0 aliphatic carbocycles. The Labute approximate surface area is 213 Å². The summed E-state index contributed by atoms with van der Waals surface area (Å²) in [5.74, 6) is 1.79. The third kappa shape index (κ3) is 3.93. The SMILES string of the molecule is c1ccc(-c2nc(-c3ccccc3)nc(-c3cc(-c4ccc5c(c4)[nH]c4ccccc45)ccn3)n2)cc1. The lowest BCUT2D eigenvalue weighted by Crippen LogP contribution is -2.01. The van der Waals surface area contributed by atoms with Crippen molar-refractivity contribution in [3.63, 3.8) is 0 Å². The van der Waals surface area contributed by atoms with Crippen molar-refractivity contribution in [1.82, 2.24) is 24.9 Å². The minimum absolute atomic E-state index is 0.543. The first-order valence-electron chi connectivity index (χ1n) is 12.2. The van der Waals surface area contributed by atoms with E-state index < -0.39 is 0 Å². The Balaban J connectivity index is 1.35. The number of para-hydroxylation sites is 1. The maximum absolute atomic E-state index is 4.82. The van der Waals surface area contributed by atoms with E-state index in [0.29, 0.717) is 23.2 Å². The number of aromatic amines is 1. The third-order valence-electron chi connectivity index (χ3n) is 6.53. The number of hydrogen-bond acceptors (Lipinski definition) is 4. The van der Waals surface area contributed by atoms with Gasteiger partial charge in [-0.2, -0.15) is 0 Å². The van der Waals surface area contributed by atoms with Gasteiger partial charge in [0.2, 0.25) is 0 Å². The predicted molar refractivity (Wildman–Crippen MR) is 149 cm³/mol. The fourth-order valence-corrected chi connectivity index (χ4v) is 4.69. The molecular formula is C32H21N5. The van der Waals surface area contributed by atoms with Gasteiger partial charge < -0.3 is 4.98 Å². The molecule has 0 radical (unpaired) electrons. The molecule has 1 N–H and O–H groups in total. The average molecular weight is 476 g/mol.